The van der Waals surface area contributed by atoms with Crippen molar-refractivity contribution in [3.05, 3.63) is 65.9 Å². The highest BCUT2D eigenvalue weighted by molar-refractivity contribution is 7.90. The Bertz CT molecular complexity index is 1540. The Morgan fingerprint density at radius 1 is 0.838 bits per heavy atom. The second-order valence-electron chi connectivity index (χ2n) is 10.5. The maximum Gasteiger partial charge on any atom is 0.268 e. The smallest absolute Gasteiger partial charge is 0.268 e. The van der Waals surface area contributed by atoms with Gasteiger partial charge in [-0.05, 0) is 67.9 Å². The van der Waals surface area contributed by atoms with Gasteiger partial charge < -0.3 is 19.4 Å². The molecule has 37 heavy (non-hydrogen) atoms. The highest BCUT2D eigenvalue weighted by atomic mass is 32.2. The van der Waals surface area contributed by atoms with E-state index in [9.17, 15) is 8.42 Å². The summed E-state index contributed by atoms with van der Waals surface area (Å²) in [5.41, 5.74) is 6.35. The number of nitrogens with zero attached hydrogens (tertiary/aromatic N) is 4. The number of fused-ring (bicyclic) bond motifs is 2. The summed E-state index contributed by atoms with van der Waals surface area (Å²) >= 11 is 0. The summed E-state index contributed by atoms with van der Waals surface area (Å²) in [5, 5.41) is 0.991. The van der Waals surface area contributed by atoms with Crippen LogP contribution >= 0.6 is 0 Å². The molecule has 0 saturated heterocycles. The molecule has 2 aromatic carbocycles. The SMILES string of the molecule is CN1CC=C(c2ccc3c(c2)c(C2=CCN(C)CC2)cn3S(=O)(=O)c2ccc3c(c2)OCCN3C)CC1. The first-order valence-electron chi connectivity index (χ1n) is 13.0. The van der Waals surface area contributed by atoms with Crippen LogP contribution in [0.4, 0.5) is 5.69 Å². The van der Waals surface area contributed by atoms with Gasteiger partial charge in [-0.25, -0.2) is 12.4 Å². The molecule has 4 heterocycles. The standard InChI is InChI=1S/C29H34N4O3S/c1-30-12-8-21(9-13-30)23-4-6-27-25(18-23)26(22-10-14-31(2)15-11-22)20-33(27)37(34,35)24-5-7-28-29(19-24)36-17-16-32(28)3/h4-8,10,18-20H,9,11-17H2,1-3H3. The second-order valence-corrected chi connectivity index (χ2v) is 12.3. The molecule has 194 valence electrons. The van der Waals surface area contributed by atoms with Gasteiger partial charge in [0.15, 0.2) is 0 Å². The van der Waals surface area contributed by atoms with Gasteiger partial charge in [0.25, 0.3) is 10.0 Å². The minimum Gasteiger partial charge on any atom is -0.490 e. The zero-order chi connectivity index (χ0) is 25.7. The van der Waals surface area contributed by atoms with Gasteiger partial charge in [-0.3, -0.25) is 0 Å². The molecule has 8 heteroatoms. The molecule has 0 N–H and O–H groups in total. The molecule has 7 nitrogen and oxygen atoms in total. The number of rotatable bonds is 4. The highest BCUT2D eigenvalue weighted by Gasteiger charge is 2.26. The number of anilines is 1. The third-order valence-corrected chi connectivity index (χ3v) is 9.56. The van der Waals surface area contributed by atoms with E-state index in [1.807, 2.05) is 25.4 Å². The van der Waals surface area contributed by atoms with Gasteiger partial charge in [-0.15, -0.1) is 0 Å². The fraction of sp³-hybridized carbons (Fsp3) is 0.379. The molecule has 6 rings (SSSR count). The van der Waals surface area contributed by atoms with Crippen molar-refractivity contribution >= 4 is 37.8 Å². The Morgan fingerprint density at radius 2 is 1.57 bits per heavy atom. The van der Waals surface area contributed by atoms with Gasteiger partial charge in [0.2, 0.25) is 0 Å². The van der Waals surface area contributed by atoms with Crippen molar-refractivity contribution in [3.63, 3.8) is 0 Å². The number of aromatic nitrogens is 1. The van der Waals surface area contributed by atoms with E-state index < -0.39 is 10.0 Å². The van der Waals surface area contributed by atoms with Gasteiger partial charge in [-0.1, -0.05) is 18.2 Å². The molecule has 3 aliphatic heterocycles. The van der Waals surface area contributed by atoms with Crippen molar-refractivity contribution in [2.75, 3.05) is 65.4 Å². The van der Waals surface area contributed by atoms with E-state index in [4.69, 9.17) is 4.74 Å². The minimum atomic E-state index is -3.83. The summed E-state index contributed by atoms with van der Waals surface area (Å²) in [6.07, 6.45) is 8.24. The molecule has 1 aromatic heterocycles. The lowest BCUT2D eigenvalue weighted by molar-refractivity contribution is 0.310. The Labute approximate surface area is 219 Å². The predicted molar refractivity (Wildman–Crippen MR) is 150 cm³/mol. The van der Waals surface area contributed by atoms with Crippen molar-refractivity contribution in [2.45, 2.75) is 17.7 Å². The van der Waals surface area contributed by atoms with Crippen molar-refractivity contribution in [1.29, 1.82) is 0 Å². The fourth-order valence-corrected chi connectivity index (χ4v) is 6.90. The van der Waals surface area contributed by atoms with Crippen LogP contribution in [-0.2, 0) is 10.0 Å². The van der Waals surface area contributed by atoms with E-state index in [0.717, 1.165) is 62.2 Å². The van der Waals surface area contributed by atoms with Crippen LogP contribution in [0.3, 0.4) is 0 Å². The topological polar surface area (TPSA) is 58.0 Å². The molecule has 0 unspecified atom stereocenters. The van der Waals surface area contributed by atoms with E-state index in [2.05, 4.69) is 53.1 Å². The van der Waals surface area contributed by atoms with E-state index in [1.54, 1.807) is 12.1 Å². The minimum absolute atomic E-state index is 0.240. The van der Waals surface area contributed by atoms with Crippen LogP contribution in [0.2, 0.25) is 0 Å². The second kappa shape index (κ2) is 9.35. The molecule has 0 bridgehead atoms. The summed E-state index contributed by atoms with van der Waals surface area (Å²) in [7, 11) is 2.41. The quantitative estimate of drug-likeness (QED) is 0.517. The van der Waals surface area contributed by atoms with Crippen LogP contribution < -0.4 is 9.64 Å². The van der Waals surface area contributed by atoms with Crippen molar-refractivity contribution in [2.24, 2.45) is 0 Å². The van der Waals surface area contributed by atoms with Crippen LogP contribution in [-0.4, -0.2) is 82.7 Å². The first kappa shape index (κ1) is 24.3. The Hall–Kier alpha value is -3.07. The van der Waals surface area contributed by atoms with E-state index in [0.29, 0.717) is 17.9 Å². The maximum absolute atomic E-state index is 14.0. The number of hydrogen-bond donors (Lipinski definition) is 0. The van der Waals surface area contributed by atoms with Gasteiger partial charge in [-0.2, -0.15) is 0 Å². The largest absolute Gasteiger partial charge is 0.490 e. The van der Waals surface area contributed by atoms with Crippen molar-refractivity contribution in [1.82, 2.24) is 13.8 Å². The summed E-state index contributed by atoms with van der Waals surface area (Å²) in [6, 6.07) is 11.4. The van der Waals surface area contributed by atoms with E-state index in [1.165, 1.54) is 20.7 Å². The molecule has 0 spiro atoms. The molecule has 0 saturated carbocycles. The summed E-state index contributed by atoms with van der Waals surface area (Å²) in [4.78, 5) is 6.91. The molecule has 0 amide bonds. The molecule has 0 aliphatic carbocycles. The zero-order valence-corrected chi connectivity index (χ0v) is 22.6. The van der Waals surface area contributed by atoms with Gasteiger partial charge in [0, 0.05) is 56.4 Å². The first-order chi connectivity index (χ1) is 17.8. The molecular weight excluding hydrogens is 484 g/mol. The van der Waals surface area contributed by atoms with E-state index >= 15 is 0 Å². The molecule has 0 radical (unpaired) electrons. The van der Waals surface area contributed by atoms with Crippen LogP contribution in [0.1, 0.15) is 24.0 Å². The Morgan fingerprint density at radius 3 is 2.27 bits per heavy atom. The molecule has 0 atom stereocenters. The third-order valence-electron chi connectivity index (χ3n) is 7.90. The normalized spacial score (nSPS) is 19.4. The fourth-order valence-electron chi connectivity index (χ4n) is 5.52. The summed E-state index contributed by atoms with van der Waals surface area (Å²) in [6.45, 7) is 5.10. The molecule has 3 aliphatic rings. The number of likely N-dealkylation sites (N-methyl/N-ethyl adjacent to an activating group) is 3. The molecule has 3 aromatic rings. The average molecular weight is 519 g/mol. The van der Waals surface area contributed by atoms with Crippen LogP contribution in [0, 0.1) is 0 Å². The van der Waals surface area contributed by atoms with Crippen LogP contribution in [0.5, 0.6) is 5.75 Å². The van der Waals surface area contributed by atoms with E-state index in [-0.39, 0.29) is 4.90 Å². The Balaban J connectivity index is 1.49. The summed E-state index contributed by atoms with van der Waals surface area (Å²) in [5.74, 6) is 0.612. The average Bonchev–Trinajstić information content (AvgIpc) is 3.29. The lowest BCUT2D eigenvalue weighted by Crippen LogP contribution is -2.29. The number of ether oxygens (including phenoxy) is 1. The lowest BCUT2D eigenvalue weighted by Gasteiger charge is -2.27. The van der Waals surface area contributed by atoms with Crippen LogP contribution in [0.15, 0.2) is 59.6 Å². The van der Waals surface area contributed by atoms with Crippen LogP contribution in [0.25, 0.3) is 22.0 Å². The maximum atomic E-state index is 14.0. The monoisotopic (exact) mass is 518 g/mol. The first-order valence-corrected chi connectivity index (χ1v) is 14.4. The Kier molecular flexibility index (Phi) is 6.13. The summed E-state index contributed by atoms with van der Waals surface area (Å²) < 4.78 is 35.4. The third kappa shape index (κ3) is 4.37. The lowest BCUT2D eigenvalue weighted by atomic mass is 9.95. The van der Waals surface area contributed by atoms with Gasteiger partial charge in [0.05, 0.1) is 22.6 Å². The van der Waals surface area contributed by atoms with Gasteiger partial charge >= 0.3 is 0 Å². The molecular formula is C29H34N4O3S. The van der Waals surface area contributed by atoms with Gasteiger partial charge in [0.1, 0.15) is 12.4 Å². The number of benzene rings is 2. The molecule has 0 fully saturated rings. The van der Waals surface area contributed by atoms with Crippen molar-refractivity contribution < 1.29 is 13.2 Å². The highest BCUT2D eigenvalue weighted by Crippen LogP contribution is 2.37. The zero-order valence-electron chi connectivity index (χ0n) is 21.8. The van der Waals surface area contributed by atoms with Crippen molar-refractivity contribution in [3.8, 4) is 5.75 Å². The predicted octanol–water partition coefficient (Wildman–Crippen LogP) is 4.14. The number of hydrogen-bond acceptors (Lipinski definition) is 6.